The number of aliphatic hydroxyl groups is 1. The number of benzene rings is 1. The molecule has 0 radical (unpaired) electrons. The molecule has 0 aliphatic rings. The van der Waals surface area contributed by atoms with Crippen molar-refractivity contribution in [3.63, 3.8) is 0 Å². The van der Waals surface area contributed by atoms with Crippen molar-refractivity contribution in [2.45, 2.75) is 6.42 Å². The van der Waals surface area contributed by atoms with Crippen molar-refractivity contribution in [3.05, 3.63) is 23.2 Å². The van der Waals surface area contributed by atoms with E-state index in [2.05, 4.69) is 10.6 Å². The van der Waals surface area contributed by atoms with Crippen molar-refractivity contribution in [3.8, 4) is 5.75 Å². The van der Waals surface area contributed by atoms with Gasteiger partial charge in [0.05, 0.1) is 19.4 Å². The fraction of sp³-hybridized carbons (Fsp3) is 0.417. The molecule has 0 saturated carbocycles. The maximum absolute atomic E-state index is 11.3. The van der Waals surface area contributed by atoms with Gasteiger partial charge in [0, 0.05) is 24.5 Å². The molecular formula is C12H17ClN2O3. The van der Waals surface area contributed by atoms with Crippen molar-refractivity contribution in [2.75, 3.05) is 32.1 Å². The summed E-state index contributed by atoms with van der Waals surface area (Å²) in [7, 11) is 1.57. The molecule has 0 atom stereocenters. The summed E-state index contributed by atoms with van der Waals surface area (Å²) >= 11 is 5.88. The molecule has 0 aromatic heterocycles. The minimum Gasteiger partial charge on any atom is -0.495 e. The van der Waals surface area contributed by atoms with Gasteiger partial charge < -0.3 is 20.5 Å². The van der Waals surface area contributed by atoms with Crippen LogP contribution in [0.25, 0.3) is 0 Å². The largest absolute Gasteiger partial charge is 0.495 e. The van der Waals surface area contributed by atoms with Crippen LogP contribution in [0.2, 0.25) is 5.02 Å². The molecule has 0 unspecified atom stereocenters. The van der Waals surface area contributed by atoms with Crippen LogP contribution in [0.5, 0.6) is 5.75 Å². The fourth-order valence-corrected chi connectivity index (χ4v) is 1.58. The summed E-state index contributed by atoms with van der Waals surface area (Å²) in [5, 5.41) is 14.8. The first-order valence-corrected chi connectivity index (χ1v) is 6.00. The van der Waals surface area contributed by atoms with E-state index in [-0.39, 0.29) is 19.1 Å². The van der Waals surface area contributed by atoms with Crippen LogP contribution in [0, 0.1) is 0 Å². The Morgan fingerprint density at radius 1 is 1.44 bits per heavy atom. The van der Waals surface area contributed by atoms with Crippen LogP contribution in [0.4, 0.5) is 5.69 Å². The normalized spacial score (nSPS) is 9.94. The Hall–Kier alpha value is -1.46. The molecule has 1 rings (SSSR count). The van der Waals surface area contributed by atoms with Gasteiger partial charge in [-0.15, -0.1) is 0 Å². The molecular weight excluding hydrogens is 256 g/mol. The molecule has 0 fully saturated rings. The number of aliphatic hydroxyl groups excluding tert-OH is 1. The third-order valence-corrected chi connectivity index (χ3v) is 2.50. The van der Waals surface area contributed by atoms with Crippen LogP contribution in [-0.2, 0) is 4.79 Å². The van der Waals surface area contributed by atoms with E-state index in [1.165, 1.54) is 0 Å². The van der Waals surface area contributed by atoms with Crippen molar-refractivity contribution in [1.29, 1.82) is 0 Å². The van der Waals surface area contributed by atoms with Crippen molar-refractivity contribution >= 4 is 23.2 Å². The number of methoxy groups -OCH3 is 1. The first-order chi connectivity index (χ1) is 8.67. The van der Waals surface area contributed by atoms with Gasteiger partial charge in [0.1, 0.15) is 5.75 Å². The summed E-state index contributed by atoms with van der Waals surface area (Å²) in [5.41, 5.74) is 0.750. The van der Waals surface area contributed by atoms with Crippen molar-refractivity contribution in [2.24, 2.45) is 0 Å². The van der Waals surface area contributed by atoms with Gasteiger partial charge >= 0.3 is 0 Å². The molecule has 0 aliphatic heterocycles. The monoisotopic (exact) mass is 272 g/mol. The van der Waals surface area contributed by atoms with E-state index in [1.807, 2.05) is 0 Å². The Kier molecular flexibility index (Phi) is 6.32. The highest BCUT2D eigenvalue weighted by Gasteiger charge is 2.04. The minimum atomic E-state index is -0.113. The highest BCUT2D eigenvalue weighted by Crippen LogP contribution is 2.27. The highest BCUT2D eigenvalue weighted by atomic mass is 35.5. The zero-order valence-corrected chi connectivity index (χ0v) is 11.0. The lowest BCUT2D eigenvalue weighted by molar-refractivity contribution is -0.120. The zero-order valence-electron chi connectivity index (χ0n) is 10.2. The first-order valence-electron chi connectivity index (χ1n) is 5.62. The number of nitrogens with one attached hydrogen (secondary N) is 2. The van der Waals surface area contributed by atoms with E-state index in [0.717, 1.165) is 5.69 Å². The van der Waals surface area contributed by atoms with Gasteiger partial charge in [-0.05, 0) is 18.2 Å². The summed E-state index contributed by atoms with van der Waals surface area (Å²) in [5.74, 6) is 0.563. The summed E-state index contributed by atoms with van der Waals surface area (Å²) in [4.78, 5) is 11.3. The lowest BCUT2D eigenvalue weighted by atomic mass is 10.2. The van der Waals surface area contributed by atoms with Crippen molar-refractivity contribution < 1.29 is 14.6 Å². The fourth-order valence-electron chi connectivity index (χ4n) is 1.41. The predicted molar refractivity (Wildman–Crippen MR) is 71.2 cm³/mol. The molecule has 5 nitrogen and oxygen atoms in total. The first kappa shape index (κ1) is 14.6. The Morgan fingerprint density at radius 3 is 2.89 bits per heavy atom. The smallest absolute Gasteiger partial charge is 0.221 e. The lowest BCUT2D eigenvalue weighted by Crippen LogP contribution is -2.27. The van der Waals surface area contributed by atoms with Crippen molar-refractivity contribution in [1.82, 2.24) is 5.32 Å². The Morgan fingerprint density at radius 2 is 2.22 bits per heavy atom. The molecule has 1 aromatic carbocycles. The van der Waals surface area contributed by atoms with Crippen LogP contribution in [-0.4, -0.2) is 37.8 Å². The molecule has 0 spiro atoms. The molecule has 6 heteroatoms. The molecule has 0 heterocycles. The van der Waals surface area contributed by atoms with Gasteiger partial charge in [-0.2, -0.15) is 0 Å². The average Bonchev–Trinajstić information content (AvgIpc) is 2.36. The van der Waals surface area contributed by atoms with Crippen LogP contribution in [0.15, 0.2) is 18.2 Å². The Balaban J connectivity index is 2.43. The van der Waals surface area contributed by atoms with Gasteiger partial charge in [-0.1, -0.05) is 11.6 Å². The molecule has 1 amide bonds. The Bertz CT molecular complexity index is 399. The number of hydrogen-bond acceptors (Lipinski definition) is 4. The van der Waals surface area contributed by atoms with E-state index >= 15 is 0 Å². The van der Waals surface area contributed by atoms with E-state index in [1.54, 1.807) is 25.3 Å². The number of hydrogen-bond donors (Lipinski definition) is 3. The number of halogens is 1. The number of carbonyl (C=O) groups is 1. The Labute approximate surface area is 111 Å². The van der Waals surface area contributed by atoms with Crippen LogP contribution < -0.4 is 15.4 Å². The third kappa shape index (κ3) is 4.81. The molecule has 1 aromatic rings. The SMILES string of the molecule is COc1ccc(Cl)cc1NCCC(=O)NCCO. The van der Waals surface area contributed by atoms with E-state index in [4.69, 9.17) is 21.4 Å². The second kappa shape index (κ2) is 7.79. The maximum atomic E-state index is 11.3. The van der Waals surface area contributed by atoms with Crippen LogP contribution in [0.3, 0.4) is 0 Å². The minimum absolute atomic E-state index is 0.0543. The number of ether oxygens (including phenoxy) is 1. The van der Waals surface area contributed by atoms with Gasteiger partial charge in [0.25, 0.3) is 0 Å². The average molecular weight is 273 g/mol. The standard InChI is InChI=1S/C12H17ClN2O3/c1-18-11-3-2-9(13)8-10(11)14-5-4-12(17)15-6-7-16/h2-3,8,14,16H,4-7H2,1H3,(H,15,17). The number of rotatable bonds is 7. The topological polar surface area (TPSA) is 70.6 Å². The van der Waals surface area contributed by atoms with Crippen LogP contribution >= 0.6 is 11.6 Å². The molecule has 0 bridgehead atoms. The molecule has 0 saturated heterocycles. The van der Waals surface area contributed by atoms with Gasteiger partial charge in [-0.3, -0.25) is 4.79 Å². The lowest BCUT2D eigenvalue weighted by Gasteiger charge is -2.11. The second-order valence-corrected chi connectivity index (χ2v) is 4.03. The quantitative estimate of drug-likeness (QED) is 0.699. The van der Waals surface area contributed by atoms with Crippen LogP contribution in [0.1, 0.15) is 6.42 Å². The van der Waals surface area contributed by atoms with Gasteiger partial charge in [0.15, 0.2) is 0 Å². The summed E-state index contributed by atoms with van der Waals surface area (Å²) < 4.78 is 5.17. The van der Waals surface area contributed by atoms with E-state index in [9.17, 15) is 4.79 Å². The van der Waals surface area contributed by atoms with Gasteiger partial charge in [0.2, 0.25) is 5.91 Å². The third-order valence-electron chi connectivity index (χ3n) is 2.26. The van der Waals surface area contributed by atoms with E-state index in [0.29, 0.717) is 23.7 Å². The number of amides is 1. The number of carbonyl (C=O) groups excluding carboxylic acids is 1. The van der Waals surface area contributed by atoms with E-state index < -0.39 is 0 Å². The molecule has 100 valence electrons. The van der Waals surface area contributed by atoms with Gasteiger partial charge in [-0.25, -0.2) is 0 Å². The molecule has 0 aliphatic carbocycles. The summed E-state index contributed by atoms with van der Waals surface area (Å²) in [6.45, 7) is 0.689. The molecule has 18 heavy (non-hydrogen) atoms. The summed E-state index contributed by atoms with van der Waals surface area (Å²) in [6, 6.07) is 5.24. The number of anilines is 1. The predicted octanol–water partition coefficient (Wildman–Crippen LogP) is 1.26. The molecule has 3 N–H and O–H groups in total. The summed E-state index contributed by atoms with van der Waals surface area (Å²) in [6.07, 6.45) is 0.315. The maximum Gasteiger partial charge on any atom is 0.221 e. The zero-order chi connectivity index (χ0) is 13.4. The highest BCUT2D eigenvalue weighted by molar-refractivity contribution is 6.30. The second-order valence-electron chi connectivity index (χ2n) is 3.59.